The highest BCUT2D eigenvalue weighted by Crippen LogP contribution is 2.61. The zero-order valence-electron chi connectivity index (χ0n) is 30.2. The van der Waals surface area contributed by atoms with Gasteiger partial charge in [-0.3, -0.25) is 42.6 Å². The summed E-state index contributed by atoms with van der Waals surface area (Å²) in [6, 6.07) is -1.79. The van der Waals surface area contributed by atoms with Crippen LogP contribution in [0.3, 0.4) is 0 Å². The summed E-state index contributed by atoms with van der Waals surface area (Å²) >= 11 is 0.786. The SMILES string of the molecule is CC(C)(COP(=O)(O)OP(=O)(O)OCC1OC(n2cnc3c(N)ncnc32)C(O)C1OP(=O)(O)O)C(O)C(=O)NCCC(=O)NCCSC(=O)C1CC(=O)NC(=O)N1. The van der Waals surface area contributed by atoms with Crippen LogP contribution in [0.1, 0.15) is 32.9 Å². The molecule has 0 aliphatic carbocycles. The molecule has 2 aliphatic heterocycles. The molecule has 324 valence electrons. The van der Waals surface area contributed by atoms with Gasteiger partial charge in [-0.2, -0.15) is 4.31 Å². The number of carbonyl (C=O) groups excluding carboxylic acids is 5. The summed E-state index contributed by atoms with van der Waals surface area (Å²) in [6.07, 6.45) is -7.38. The molecular weight excluding hydrogens is 867 g/mol. The Labute approximate surface area is 330 Å². The lowest BCUT2D eigenvalue weighted by Crippen LogP contribution is -2.54. The van der Waals surface area contributed by atoms with Gasteiger partial charge in [0.15, 0.2) is 17.7 Å². The highest BCUT2D eigenvalue weighted by atomic mass is 32.2. The van der Waals surface area contributed by atoms with E-state index in [1.807, 2.05) is 5.32 Å². The Morgan fingerprint density at radius 1 is 1.09 bits per heavy atom. The highest BCUT2D eigenvalue weighted by molar-refractivity contribution is 8.13. The number of nitrogens with one attached hydrogen (secondary N) is 4. The van der Waals surface area contributed by atoms with E-state index in [4.69, 9.17) is 19.5 Å². The maximum atomic E-state index is 12.7. The first-order valence-electron chi connectivity index (χ1n) is 16.5. The minimum absolute atomic E-state index is 0.0164. The summed E-state index contributed by atoms with van der Waals surface area (Å²) in [7, 11) is -16.5. The van der Waals surface area contributed by atoms with E-state index < -0.39 is 108 Å². The summed E-state index contributed by atoms with van der Waals surface area (Å²) in [5.74, 6) is -2.12. The number of hydrogen-bond donors (Lipinski definition) is 11. The van der Waals surface area contributed by atoms with Gasteiger partial charge in [-0.1, -0.05) is 25.6 Å². The Balaban J connectivity index is 1.22. The third kappa shape index (κ3) is 13.3. The van der Waals surface area contributed by atoms with Crippen molar-refractivity contribution < 1.29 is 90.1 Å². The van der Waals surface area contributed by atoms with Crippen LogP contribution in [0.25, 0.3) is 11.2 Å². The minimum atomic E-state index is -5.60. The number of imidazole rings is 1. The van der Waals surface area contributed by atoms with Gasteiger partial charge >= 0.3 is 29.5 Å². The van der Waals surface area contributed by atoms with Crippen molar-refractivity contribution in [2.45, 2.75) is 63.4 Å². The van der Waals surface area contributed by atoms with E-state index in [2.05, 4.69) is 39.7 Å². The number of aliphatic hydroxyl groups is 2. The fourth-order valence-corrected chi connectivity index (χ4v) is 8.71. The molecule has 2 aliphatic rings. The molecule has 0 radical (unpaired) electrons. The number of aromatic nitrogens is 4. The number of imide groups is 1. The smallest absolute Gasteiger partial charge is 0.386 e. The lowest BCUT2D eigenvalue weighted by Gasteiger charge is -2.30. The number of urea groups is 1. The van der Waals surface area contributed by atoms with Crippen molar-refractivity contribution in [3.8, 4) is 0 Å². The Bertz CT molecular complexity index is 2000. The largest absolute Gasteiger partial charge is 0.481 e. The number of phosphoric ester groups is 3. The number of rotatable bonds is 20. The quantitative estimate of drug-likeness (QED) is 0.0474. The van der Waals surface area contributed by atoms with Crippen molar-refractivity contribution in [3.63, 3.8) is 0 Å². The summed E-state index contributed by atoms with van der Waals surface area (Å²) in [4.78, 5) is 110. The van der Waals surface area contributed by atoms with E-state index >= 15 is 0 Å². The first-order chi connectivity index (χ1) is 26.9. The van der Waals surface area contributed by atoms with Crippen LogP contribution >= 0.6 is 35.2 Å². The maximum Gasteiger partial charge on any atom is 0.481 e. The van der Waals surface area contributed by atoms with Crippen molar-refractivity contribution >= 4 is 81.1 Å². The molecule has 4 rings (SSSR count). The average Bonchev–Trinajstić information content (AvgIpc) is 3.67. The molecule has 32 heteroatoms. The monoisotopic (exact) mass is 907 g/mol. The Kier molecular flexibility index (Phi) is 15.7. The summed E-state index contributed by atoms with van der Waals surface area (Å²) in [5.41, 5.74) is 4.18. The molecule has 2 aromatic rings. The van der Waals surface area contributed by atoms with Gasteiger partial charge in [0.1, 0.15) is 42.3 Å². The van der Waals surface area contributed by atoms with Crippen molar-refractivity contribution in [3.05, 3.63) is 12.7 Å². The summed E-state index contributed by atoms with van der Waals surface area (Å²) in [5, 5.41) is 30.0. The van der Waals surface area contributed by atoms with Crippen LogP contribution < -0.4 is 27.0 Å². The first kappa shape index (κ1) is 47.2. The summed E-state index contributed by atoms with van der Waals surface area (Å²) in [6.45, 7) is 0.106. The molecule has 0 saturated carbocycles. The van der Waals surface area contributed by atoms with Crippen LogP contribution in [0.4, 0.5) is 10.6 Å². The fraction of sp³-hybridized carbons (Fsp3) is 0.615. The van der Waals surface area contributed by atoms with Crippen LogP contribution in [0, 0.1) is 5.41 Å². The standard InChI is InChI=1S/C26H40N9O19P3S/c1-26(2,19(39)22(40)29-4-3-14(36)28-5-6-58-24(41)12-7-15(37)34-25(42)33-12)9-51-57(48,49)54-56(46,47)50-8-13-18(53-55(43,44)45)17(38)23(52-13)35-11-32-16-20(27)30-10-31-21(16)35/h10-13,17-19,23,38-39H,3-9H2,1-2H3,(H,28,36)(H,29,40)(H,46,47)(H,48,49)(H2,27,30,31)(H2,43,44,45)(H2,33,34,37,42). The maximum absolute atomic E-state index is 12.7. The second-order valence-electron chi connectivity index (χ2n) is 13.0. The number of thioether (sulfide) groups is 1. The Hall–Kier alpha value is -3.50. The highest BCUT2D eigenvalue weighted by Gasteiger charge is 2.50. The van der Waals surface area contributed by atoms with E-state index in [1.54, 1.807) is 0 Å². The predicted molar refractivity (Wildman–Crippen MR) is 192 cm³/mol. The van der Waals surface area contributed by atoms with Gasteiger partial charge in [0.2, 0.25) is 22.8 Å². The topological polar surface area (TPSA) is 422 Å². The van der Waals surface area contributed by atoms with Gasteiger partial charge in [-0.15, -0.1) is 0 Å². The second-order valence-corrected chi connectivity index (χ2v) is 18.4. The van der Waals surface area contributed by atoms with E-state index in [0.29, 0.717) is 0 Å². The van der Waals surface area contributed by atoms with Crippen molar-refractivity contribution in [2.24, 2.45) is 5.41 Å². The molecule has 0 spiro atoms. The number of fused-ring (bicyclic) bond motifs is 1. The number of nitrogen functional groups attached to an aromatic ring is 1. The fourth-order valence-electron chi connectivity index (χ4n) is 5.13. The third-order valence-corrected chi connectivity index (χ3v) is 12.1. The molecule has 2 aromatic heterocycles. The molecule has 0 bridgehead atoms. The van der Waals surface area contributed by atoms with Crippen molar-refractivity contribution in [1.82, 2.24) is 40.8 Å². The van der Waals surface area contributed by atoms with Gasteiger partial charge in [-0.05, 0) is 0 Å². The van der Waals surface area contributed by atoms with E-state index in [9.17, 15) is 67.5 Å². The molecule has 5 amide bonds. The van der Waals surface area contributed by atoms with Gasteiger partial charge in [0.25, 0.3) is 0 Å². The molecule has 4 heterocycles. The molecule has 0 aromatic carbocycles. The molecule has 12 N–H and O–H groups in total. The minimum Gasteiger partial charge on any atom is -0.386 e. The van der Waals surface area contributed by atoms with Crippen LogP contribution in [0.2, 0.25) is 0 Å². The molecular formula is C26H40N9O19P3S. The number of ether oxygens (including phenoxy) is 1. The first-order valence-corrected chi connectivity index (χ1v) is 22.0. The molecule has 2 fully saturated rings. The number of nitrogens with two attached hydrogens (primary N) is 1. The van der Waals surface area contributed by atoms with Crippen molar-refractivity contribution in [2.75, 3.05) is 37.8 Å². The zero-order chi connectivity index (χ0) is 43.2. The van der Waals surface area contributed by atoms with Gasteiger partial charge in [0.05, 0.1) is 26.0 Å². The van der Waals surface area contributed by atoms with Gasteiger partial charge < -0.3 is 56.2 Å². The Morgan fingerprint density at radius 3 is 2.45 bits per heavy atom. The number of hydrogen-bond acceptors (Lipinski definition) is 20. The number of carbonyl (C=O) groups is 5. The van der Waals surface area contributed by atoms with E-state index in [0.717, 1.165) is 29.0 Å². The Morgan fingerprint density at radius 2 is 1.78 bits per heavy atom. The number of nitrogens with zero attached hydrogens (tertiary/aromatic N) is 4. The second kappa shape index (κ2) is 19.3. The van der Waals surface area contributed by atoms with Crippen LogP contribution in [0.15, 0.2) is 12.7 Å². The number of anilines is 1. The summed E-state index contributed by atoms with van der Waals surface area (Å²) < 4.78 is 62.0. The predicted octanol–water partition coefficient (Wildman–Crippen LogP) is -2.74. The van der Waals surface area contributed by atoms with Crippen molar-refractivity contribution in [1.29, 1.82) is 0 Å². The molecule has 8 atom stereocenters. The van der Waals surface area contributed by atoms with Crippen LogP contribution in [0.5, 0.6) is 0 Å². The molecule has 58 heavy (non-hydrogen) atoms. The zero-order valence-corrected chi connectivity index (χ0v) is 33.7. The van der Waals surface area contributed by atoms with Gasteiger partial charge in [-0.25, -0.2) is 33.4 Å². The lowest BCUT2D eigenvalue weighted by atomic mass is 9.87. The van der Waals surface area contributed by atoms with Crippen LogP contribution in [-0.2, 0) is 55.5 Å². The number of aliphatic hydroxyl groups excluding tert-OH is 2. The number of phosphoric acid groups is 3. The molecule has 8 unspecified atom stereocenters. The number of amides is 5. The van der Waals surface area contributed by atoms with Gasteiger partial charge in [0, 0.05) is 30.7 Å². The van der Waals surface area contributed by atoms with E-state index in [1.165, 1.54) is 13.8 Å². The molecule has 28 nitrogen and oxygen atoms in total. The third-order valence-electron chi connectivity index (χ3n) is 7.98. The normalized spacial score (nSPS) is 24.0. The van der Waals surface area contributed by atoms with E-state index in [-0.39, 0.29) is 48.7 Å². The lowest BCUT2D eigenvalue weighted by molar-refractivity contribution is -0.137. The molecule has 2 saturated heterocycles. The average molecular weight is 908 g/mol. The van der Waals surface area contributed by atoms with Crippen LogP contribution in [-0.4, -0.2) is 141 Å².